The third-order valence-electron chi connectivity index (χ3n) is 6.87. The smallest absolute Gasteiger partial charge is 0.332 e. The number of carbonyl (C=O) groups excluding carboxylic acids is 1. The third kappa shape index (κ3) is 7.09. The van der Waals surface area contributed by atoms with Crippen molar-refractivity contribution < 1.29 is 23.8 Å². The molecule has 1 aliphatic rings. The predicted octanol–water partition coefficient (Wildman–Crippen LogP) is 5.92. The fourth-order valence-corrected chi connectivity index (χ4v) is 4.64. The highest BCUT2D eigenvalue weighted by atomic mass is 16.5. The molecule has 0 atom stereocenters. The summed E-state index contributed by atoms with van der Waals surface area (Å²) in [6.45, 7) is 2.33. The van der Waals surface area contributed by atoms with Crippen LogP contribution in [0, 0.1) is 6.92 Å². The summed E-state index contributed by atoms with van der Waals surface area (Å²) < 4.78 is 11.7. The van der Waals surface area contributed by atoms with Crippen LogP contribution in [0.4, 0.5) is 0 Å². The largest absolute Gasteiger partial charge is 0.493 e. The molecule has 0 unspecified atom stereocenters. The van der Waals surface area contributed by atoms with E-state index in [4.69, 9.17) is 9.15 Å². The molecule has 1 fully saturated rings. The van der Waals surface area contributed by atoms with E-state index in [1.54, 1.807) is 42.3 Å². The standard InChI is InChI=1S/C30H34N2O5/c1-21-27(31-29(37-21)23-9-5-3-6-10-23)17-18-36-26-15-13-22(14-16-26)19-24(30(34)35)20-28(33)32(2)25-11-7-4-8-12-25/h3,5-6,9-10,13-16,19,25H,4,7-8,11-12,17-18,20H2,1-2H3,(H,34,35)/b24-19+. The summed E-state index contributed by atoms with van der Waals surface area (Å²) in [6, 6.07) is 17.2. The maximum atomic E-state index is 12.7. The molecule has 37 heavy (non-hydrogen) atoms. The molecule has 194 valence electrons. The van der Waals surface area contributed by atoms with Crippen LogP contribution in [0.2, 0.25) is 0 Å². The van der Waals surface area contributed by atoms with Gasteiger partial charge in [-0.2, -0.15) is 0 Å². The van der Waals surface area contributed by atoms with Crippen molar-refractivity contribution in [1.29, 1.82) is 0 Å². The van der Waals surface area contributed by atoms with Crippen LogP contribution in [0.15, 0.2) is 64.6 Å². The topological polar surface area (TPSA) is 92.9 Å². The first kappa shape index (κ1) is 26.2. The Labute approximate surface area is 217 Å². The lowest BCUT2D eigenvalue weighted by Crippen LogP contribution is -2.38. The average Bonchev–Trinajstić information content (AvgIpc) is 3.30. The van der Waals surface area contributed by atoms with Crippen LogP contribution >= 0.6 is 0 Å². The van der Waals surface area contributed by atoms with E-state index >= 15 is 0 Å². The van der Waals surface area contributed by atoms with Gasteiger partial charge in [-0.05, 0) is 55.7 Å². The van der Waals surface area contributed by atoms with E-state index in [-0.39, 0.29) is 23.9 Å². The van der Waals surface area contributed by atoms with Gasteiger partial charge in [-0.25, -0.2) is 9.78 Å². The van der Waals surface area contributed by atoms with Gasteiger partial charge in [0.15, 0.2) is 0 Å². The molecule has 0 aliphatic heterocycles. The fourth-order valence-electron chi connectivity index (χ4n) is 4.64. The van der Waals surface area contributed by atoms with Crippen LogP contribution in [0.25, 0.3) is 17.5 Å². The summed E-state index contributed by atoms with van der Waals surface area (Å²) in [5, 5.41) is 9.67. The molecule has 0 radical (unpaired) electrons. The van der Waals surface area contributed by atoms with Gasteiger partial charge in [0.1, 0.15) is 11.5 Å². The summed E-state index contributed by atoms with van der Waals surface area (Å²) in [6.07, 6.45) is 7.44. The Hall–Kier alpha value is -3.87. The minimum absolute atomic E-state index is 0.0806. The number of hydrogen-bond donors (Lipinski definition) is 1. The van der Waals surface area contributed by atoms with Crippen LogP contribution in [0.1, 0.15) is 55.5 Å². The number of ether oxygens (including phenoxy) is 1. The maximum Gasteiger partial charge on any atom is 0.332 e. The third-order valence-corrected chi connectivity index (χ3v) is 6.87. The molecule has 2 aromatic carbocycles. The molecule has 3 aromatic rings. The Morgan fingerprint density at radius 2 is 1.78 bits per heavy atom. The number of carboxylic acid groups (broad SMARTS) is 1. The van der Waals surface area contributed by atoms with E-state index in [9.17, 15) is 14.7 Å². The van der Waals surface area contributed by atoms with Gasteiger partial charge in [0, 0.05) is 30.6 Å². The molecule has 1 aromatic heterocycles. The SMILES string of the molecule is Cc1oc(-c2ccccc2)nc1CCOc1ccc(/C=C(\CC(=O)N(C)C2CCCCC2)C(=O)O)cc1. The average molecular weight is 503 g/mol. The van der Waals surface area contributed by atoms with Crippen molar-refractivity contribution in [2.24, 2.45) is 0 Å². The Morgan fingerprint density at radius 1 is 1.08 bits per heavy atom. The fraction of sp³-hybridized carbons (Fsp3) is 0.367. The molecule has 1 saturated carbocycles. The van der Waals surface area contributed by atoms with Crippen molar-refractivity contribution in [2.75, 3.05) is 13.7 Å². The molecule has 0 saturated heterocycles. The van der Waals surface area contributed by atoms with Crippen LogP contribution in [0.5, 0.6) is 5.75 Å². The number of benzene rings is 2. The van der Waals surface area contributed by atoms with Crippen molar-refractivity contribution in [2.45, 2.75) is 57.9 Å². The van der Waals surface area contributed by atoms with Crippen molar-refractivity contribution in [1.82, 2.24) is 9.88 Å². The molecule has 1 N–H and O–H groups in total. The van der Waals surface area contributed by atoms with Gasteiger partial charge in [-0.3, -0.25) is 4.79 Å². The van der Waals surface area contributed by atoms with Crippen molar-refractivity contribution in [3.05, 3.63) is 77.2 Å². The predicted molar refractivity (Wildman–Crippen MR) is 142 cm³/mol. The maximum absolute atomic E-state index is 12.7. The Balaban J connectivity index is 1.32. The quantitative estimate of drug-likeness (QED) is 0.346. The monoisotopic (exact) mass is 502 g/mol. The number of hydrogen-bond acceptors (Lipinski definition) is 5. The van der Waals surface area contributed by atoms with Gasteiger partial charge >= 0.3 is 5.97 Å². The molecular weight excluding hydrogens is 468 g/mol. The number of aromatic nitrogens is 1. The first-order valence-corrected chi connectivity index (χ1v) is 12.8. The lowest BCUT2D eigenvalue weighted by Gasteiger charge is -2.31. The lowest BCUT2D eigenvalue weighted by molar-refractivity contribution is -0.136. The first-order valence-electron chi connectivity index (χ1n) is 12.8. The van der Waals surface area contributed by atoms with Gasteiger partial charge in [-0.15, -0.1) is 0 Å². The molecule has 1 aliphatic carbocycles. The molecule has 1 amide bonds. The van der Waals surface area contributed by atoms with Gasteiger partial charge < -0.3 is 19.2 Å². The first-order chi connectivity index (χ1) is 17.9. The second kappa shape index (κ2) is 12.4. The van der Waals surface area contributed by atoms with Crippen LogP contribution in [-0.2, 0) is 16.0 Å². The summed E-state index contributed by atoms with van der Waals surface area (Å²) in [4.78, 5) is 30.9. The zero-order valence-electron chi connectivity index (χ0n) is 21.5. The normalized spacial score (nSPS) is 14.4. The molecule has 0 spiro atoms. The van der Waals surface area contributed by atoms with E-state index in [0.717, 1.165) is 42.7 Å². The molecular formula is C30H34N2O5. The van der Waals surface area contributed by atoms with Gasteiger partial charge in [0.05, 0.1) is 18.7 Å². The summed E-state index contributed by atoms with van der Waals surface area (Å²) in [7, 11) is 1.78. The number of carbonyl (C=O) groups is 2. The number of carboxylic acids is 1. The number of amides is 1. The van der Waals surface area contributed by atoms with E-state index in [2.05, 4.69) is 4.98 Å². The van der Waals surface area contributed by atoms with E-state index < -0.39 is 5.97 Å². The van der Waals surface area contributed by atoms with Crippen molar-refractivity contribution in [3.8, 4) is 17.2 Å². The number of nitrogens with zero attached hydrogens (tertiary/aromatic N) is 2. The van der Waals surface area contributed by atoms with Gasteiger partial charge in [-0.1, -0.05) is 49.6 Å². The molecule has 1 heterocycles. The number of aliphatic carboxylic acids is 1. The molecule has 0 bridgehead atoms. The van der Waals surface area contributed by atoms with Crippen LogP contribution in [-0.4, -0.2) is 46.6 Å². The zero-order valence-corrected chi connectivity index (χ0v) is 21.5. The van der Waals surface area contributed by atoms with Crippen molar-refractivity contribution in [3.63, 3.8) is 0 Å². The lowest BCUT2D eigenvalue weighted by atomic mass is 9.94. The minimum Gasteiger partial charge on any atom is -0.493 e. The second-order valence-corrected chi connectivity index (χ2v) is 9.50. The van der Waals surface area contributed by atoms with E-state index in [0.29, 0.717) is 30.2 Å². The zero-order chi connectivity index (χ0) is 26.2. The van der Waals surface area contributed by atoms with Crippen LogP contribution < -0.4 is 4.74 Å². The van der Waals surface area contributed by atoms with Gasteiger partial charge in [0.2, 0.25) is 11.8 Å². The number of rotatable bonds is 10. The Bertz CT molecular complexity index is 1220. The highest BCUT2D eigenvalue weighted by Gasteiger charge is 2.24. The molecule has 7 heteroatoms. The van der Waals surface area contributed by atoms with Gasteiger partial charge in [0.25, 0.3) is 0 Å². The summed E-state index contributed by atoms with van der Waals surface area (Å²) >= 11 is 0. The Kier molecular flexibility index (Phi) is 8.77. The molecule has 4 rings (SSSR count). The van der Waals surface area contributed by atoms with E-state index in [1.807, 2.05) is 37.3 Å². The minimum atomic E-state index is -1.08. The Morgan fingerprint density at radius 3 is 2.46 bits per heavy atom. The second-order valence-electron chi connectivity index (χ2n) is 9.50. The summed E-state index contributed by atoms with van der Waals surface area (Å²) in [5.74, 6) is 0.809. The van der Waals surface area contributed by atoms with Crippen molar-refractivity contribution >= 4 is 18.0 Å². The number of oxazole rings is 1. The highest BCUT2D eigenvalue weighted by molar-refractivity contribution is 5.98. The number of aryl methyl sites for hydroxylation is 1. The van der Waals surface area contributed by atoms with Crippen LogP contribution in [0.3, 0.4) is 0 Å². The highest BCUT2D eigenvalue weighted by Crippen LogP contribution is 2.24. The molecule has 7 nitrogen and oxygen atoms in total. The van der Waals surface area contributed by atoms with E-state index in [1.165, 1.54) is 6.42 Å². The summed E-state index contributed by atoms with van der Waals surface area (Å²) in [5.41, 5.74) is 2.58.